The molecule has 0 heterocycles. The minimum absolute atomic E-state index is 0.127. The molecule has 1 unspecified atom stereocenters. The molecule has 17 heavy (non-hydrogen) atoms. The monoisotopic (exact) mass is 293 g/mol. The van der Waals surface area contributed by atoms with Crippen molar-refractivity contribution in [1.82, 2.24) is 0 Å². The summed E-state index contributed by atoms with van der Waals surface area (Å²) in [7, 11) is 0. The third-order valence-electron chi connectivity index (χ3n) is 2.67. The molecule has 3 heteroatoms. The van der Waals surface area contributed by atoms with E-state index in [0.29, 0.717) is 0 Å². The quantitative estimate of drug-likeness (QED) is 0.879. The lowest BCUT2D eigenvalue weighted by atomic mass is 9.96. The van der Waals surface area contributed by atoms with E-state index in [1.165, 1.54) is 12.1 Å². The van der Waals surface area contributed by atoms with Gasteiger partial charge in [0.25, 0.3) is 0 Å². The van der Waals surface area contributed by atoms with E-state index in [1.807, 2.05) is 31.2 Å². The molecule has 1 nitrogen and oxygen atoms in total. The fourth-order valence-corrected chi connectivity index (χ4v) is 2.34. The van der Waals surface area contributed by atoms with E-state index in [9.17, 15) is 4.39 Å². The Morgan fingerprint density at radius 1 is 1.12 bits per heavy atom. The van der Waals surface area contributed by atoms with Gasteiger partial charge < -0.3 is 5.73 Å². The highest BCUT2D eigenvalue weighted by Crippen LogP contribution is 2.33. The molecule has 0 radical (unpaired) electrons. The van der Waals surface area contributed by atoms with Crippen LogP contribution in [-0.2, 0) is 0 Å². The maximum atomic E-state index is 13.4. The van der Waals surface area contributed by atoms with E-state index in [4.69, 9.17) is 5.73 Å². The fourth-order valence-electron chi connectivity index (χ4n) is 1.84. The molecule has 2 N–H and O–H groups in total. The number of halogens is 2. The SMILES string of the molecule is CC(N)c1ccc(F)cc1-c1ccccc1Br. The summed E-state index contributed by atoms with van der Waals surface area (Å²) < 4.78 is 14.3. The molecule has 0 saturated heterocycles. The second kappa shape index (κ2) is 4.98. The third-order valence-corrected chi connectivity index (χ3v) is 3.36. The second-order valence-electron chi connectivity index (χ2n) is 4.00. The van der Waals surface area contributed by atoms with Crippen molar-refractivity contribution in [3.05, 3.63) is 58.3 Å². The molecular weight excluding hydrogens is 281 g/mol. The molecule has 0 aliphatic carbocycles. The highest BCUT2D eigenvalue weighted by molar-refractivity contribution is 9.10. The first-order chi connectivity index (χ1) is 8.09. The zero-order valence-corrected chi connectivity index (χ0v) is 11.0. The summed E-state index contributed by atoms with van der Waals surface area (Å²) in [6, 6.07) is 12.3. The molecule has 0 bridgehead atoms. The Morgan fingerprint density at radius 2 is 1.82 bits per heavy atom. The Kier molecular flexibility index (Phi) is 3.60. The van der Waals surface area contributed by atoms with Crippen LogP contribution in [0.25, 0.3) is 11.1 Å². The summed E-state index contributed by atoms with van der Waals surface area (Å²) in [5, 5.41) is 0. The van der Waals surface area contributed by atoms with Gasteiger partial charge in [-0.05, 0) is 41.8 Å². The molecule has 1 atom stereocenters. The van der Waals surface area contributed by atoms with E-state index >= 15 is 0 Å². The molecule has 0 saturated carbocycles. The topological polar surface area (TPSA) is 26.0 Å². The van der Waals surface area contributed by atoms with Crippen LogP contribution in [-0.4, -0.2) is 0 Å². The maximum absolute atomic E-state index is 13.4. The minimum atomic E-state index is -0.250. The smallest absolute Gasteiger partial charge is 0.123 e. The zero-order chi connectivity index (χ0) is 12.4. The Labute approximate surface area is 109 Å². The first-order valence-corrected chi connectivity index (χ1v) is 6.19. The average molecular weight is 294 g/mol. The van der Waals surface area contributed by atoms with E-state index in [1.54, 1.807) is 6.07 Å². The van der Waals surface area contributed by atoms with Gasteiger partial charge in [0.2, 0.25) is 0 Å². The molecule has 0 aliphatic rings. The van der Waals surface area contributed by atoms with Crippen molar-refractivity contribution in [2.24, 2.45) is 5.73 Å². The van der Waals surface area contributed by atoms with E-state index in [0.717, 1.165) is 21.2 Å². The van der Waals surface area contributed by atoms with Crippen LogP contribution in [0, 0.1) is 5.82 Å². The minimum Gasteiger partial charge on any atom is -0.324 e. The molecule has 88 valence electrons. The van der Waals surface area contributed by atoms with Gasteiger partial charge in [0.1, 0.15) is 5.82 Å². The van der Waals surface area contributed by atoms with Gasteiger partial charge in [-0.15, -0.1) is 0 Å². The summed E-state index contributed by atoms with van der Waals surface area (Å²) >= 11 is 3.48. The van der Waals surface area contributed by atoms with Crippen molar-refractivity contribution in [1.29, 1.82) is 0 Å². The molecular formula is C14H13BrFN. The predicted molar refractivity (Wildman–Crippen MR) is 72.1 cm³/mol. The Balaban J connectivity index is 2.65. The van der Waals surface area contributed by atoms with Crippen molar-refractivity contribution >= 4 is 15.9 Å². The number of hydrogen-bond acceptors (Lipinski definition) is 1. The summed E-state index contributed by atoms with van der Waals surface area (Å²) in [5.74, 6) is -0.250. The van der Waals surface area contributed by atoms with Gasteiger partial charge in [0.05, 0.1) is 0 Å². The van der Waals surface area contributed by atoms with Gasteiger partial charge in [-0.1, -0.05) is 40.2 Å². The standard InChI is InChI=1S/C14H13BrFN/c1-9(17)11-7-6-10(16)8-13(11)12-4-2-3-5-14(12)15/h2-9H,17H2,1H3. The maximum Gasteiger partial charge on any atom is 0.123 e. The van der Waals surface area contributed by atoms with Gasteiger partial charge in [-0.2, -0.15) is 0 Å². The fraction of sp³-hybridized carbons (Fsp3) is 0.143. The third kappa shape index (κ3) is 2.56. The van der Waals surface area contributed by atoms with Crippen LogP contribution in [0.4, 0.5) is 4.39 Å². The molecule has 0 spiro atoms. The first kappa shape index (κ1) is 12.3. The van der Waals surface area contributed by atoms with Crippen molar-refractivity contribution < 1.29 is 4.39 Å². The van der Waals surface area contributed by atoms with Crippen molar-refractivity contribution in [3.8, 4) is 11.1 Å². The van der Waals surface area contributed by atoms with Crippen LogP contribution in [0.15, 0.2) is 46.9 Å². The molecule has 0 aliphatic heterocycles. The lowest BCUT2D eigenvalue weighted by Gasteiger charge is -2.14. The van der Waals surface area contributed by atoms with Gasteiger partial charge in [-0.25, -0.2) is 4.39 Å². The van der Waals surface area contributed by atoms with Gasteiger partial charge in [0, 0.05) is 10.5 Å². The van der Waals surface area contributed by atoms with Gasteiger partial charge >= 0.3 is 0 Å². The van der Waals surface area contributed by atoms with Crippen LogP contribution in [0.1, 0.15) is 18.5 Å². The first-order valence-electron chi connectivity index (χ1n) is 5.39. The number of rotatable bonds is 2. The van der Waals surface area contributed by atoms with Crippen LogP contribution in [0.5, 0.6) is 0 Å². The van der Waals surface area contributed by atoms with Gasteiger partial charge in [-0.3, -0.25) is 0 Å². The molecule has 2 aromatic rings. The highest BCUT2D eigenvalue weighted by Gasteiger charge is 2.11. The molecule has 0 amide bonds. The highest BCUT2D eigenvalue weighted by atomic mass is 79.9. The molecule has 0 aromatic heterocycles. The van der Waals surface area contributed by atoms with Gasteiger partial charge in [0.15, 0.2) is 0 Å². The molecule has 2 aromatic carbocycles. The Hall–Kier alpha value is -1.19. The average Bonchev–Trinajstić information content (AvgIpc) is 2.29. The van der Waals surface area contributed by atoms with E-state index in [-0.39, 0.29) is 11.9 Å². The predicted octanol–water partition coefficient (Wildman–Crippen LogP) is 4.27. The number of nitrogens with two attached hydrogens (primary N) is 1. The zero-order valence-electron chi connectivity index (χ0n) is 9.45. The molecule has 2 rings (SSSR count). The van der Waals surface area contributed by atoms with Crippen LogP contribution in [0.2, 0.25) is 0 Å². The summed E-state index contributed by atoms with van der Waals surface area (Å²) in [6.45, 7) is 1.90. The van der Waals surface area contributed by atoms with Crippen molar-refractivity contribution in [3.63, 3.8) is 0 Å². The lowest BCUT2D eigenvalue weighted by Crippen LogP contribution is -2.07. The normalized spacial score (nSPS) is 12.5. The Bertz CT molecular complexity index is 537. The van der Waals surface area contributed by atoms with Crippen molar-refractivity contribution in [2.45, 2.75) is 13.0 Å². The number of hydrogen-bond donors (Lipinski definition) is 1. The van der Waals surface area contributed by atoms with E-state index in [2.05, 4.69) is 15.9 Å². The summed E-state index contributed by atoms with van der Waals surface area (Å²) in [4.78, 5) is 0. The van der Waals surface area contributed by atoms with E-state index < -0.39 is 0 Å². The van der Waals surface area contributed by atoms with Crippen LogP contribution >= 0.6 is 15.9 Å². The summed E-state index contributed by atoms with van der Waals surface area (Å²) in [5.41, 5.74) is 8.66. The molecule has 0 fully saturated rings. The summed E-state index contributed by atoms with van der Waals surface area (Å²) in [6.07, 6.45) is 0. The number of benzene rings is 2. The Morgan fingerprint density at radius 3 is 2.47 bits per heavy atom. The second-order valence-corrected chi connectivity index (χ2v) is 4.85. The van der Waals surface area contributed by atoms with Crippen LogP contribution < -0.4 is 5.73 Å². The lowest BCUT2D eigenvalue weighted by molar-refractivity contribution is 0.626. The van der Waals surface area contributed by atoms with Crippen molar-refractivity contribution in [2.75, 3.05) is 0 Å². The van der Waals surface area contributed by atoms with Crippen LogP contribution in [0.3, 0.4) is 0 Å². The largest absolute Gasteiger partial charge is 0.324 e.